The minimum atomic E-state index is -0.682. The fraction of sp³-hybridized carbons (Fsp3) is 0.0556. The van der Waals surface area contributed by atoms with Gasteiger partial charge in [-0.3, -0.25) is 25.7 Å². The number of rotatable bonds is 5. The van der Waals surface area contributed by atoms with Gasteiger partial charge in [-0.15, -0.1) is 0 Å². The number of nitrogens with zero attached hydrogens (tertiary/aromatic N) is 3. The van der Waals surface area contributed by atoms with E-state index in [0.29, 0.717) is 5.71 Å². The Bertz CT molecular complexity index is 1040. The Kier molecular flexibility index (Phi) is 4.57. The summed E-state index contributed by atoms with van der Waals surface area (Å²) in [5, 5.41) is 28.3. The third kappa shape index (κ3) is 3.34. The molecule has 0 atom stereocenters. The van der Waals surface area contributed by atoms with Crippen LogP contribution in [0, 0.1) is 20.2 Å². The predicted molar refractivity (Wildman–Crippen MR) is 99.5 cm³/mol. The van der Waals surface area contributed by atoms with Crippen LogP contribution in [0.25, 0.3) is 10.8 Å². The van der Waals surface area contributed by atoms with Crippen molar-refractivity contribution in [1.29, 1.82) is 0 Å². The number of fused-ring (bicyclic) bond motifs is 1. The smallest absolute Gasteiger partial charge is 0.271 e. The second kappa shape index (κ2) is 6.98. The van der Waals surface area contributed by atoms with E-state index in [1.54, 1.807) is 6.92 Å². The zero-order valence-electron chi connectivity index (χ0n) is 13.7. The lowest BCUT2D eigenvalue weighted by Crippen LogP contribution is -2.03. The van der Waals surface area contributed by atoms with Gasteiger partial charge < -0.3 is 0 Å². The molecule has 0 spiro atoms. The van der Waals surface area contributed by atoms with Crippen LogP contribution >= 0.6 is 0 Å². The maximum absolute atomic E-state index is 11.2. The summed E-state index contributed by atoms with van der Waals surface area (Å²) in [4.78, 5) is 20.6. The molecule has 130 valence electrons. The van der Waals surface area contributed by atoms with Crippen molar-refractivity contribution in [2.45, 2.75) is 6.92 Å². The summed E-state index contributed by atoms with van der Waals surface area (Å²) in [7, 11) is 0. The summed E-state index contributed by atoms with van der Waals surface area (Å²) in [6.07, 6.45) is 0. The molecule has 0 aromatic heterocycles. The van der Waals surface area contributed by atoms with Gasteiger partial charge in [0, 0.05) is 11.6 Å². The first-order valence-corrected chi connectivity index (χ1v) is 7.68. The summed E-state index contributed by atoms with van der Waals surface area (Å²) >= 11 is 0. The van der Waals surface area contributed by atoms with Crippen LogP contribution in [0.5, 0.6) is 0 Å². The fourth-order valence-corrected chi connectivity index (χ4v) is 2.62. The van der Waals surface area contributed by atoms with E-state index in [1.807, 2.05) is 42.5 Å². The third-order valence-electron chi connectivity index (χ3n) is 3.91. The molecule has 0 fully saturated rings. The zero-order chi connectivity index (χ0) is 18.7. The maximum Gasteiger partial charge on any atom is 0.301 e. The van der Waals surface area contributed by atoms with Crippen LogP contribution < -0.4 is 5.43 Å². The molecule has 0 aliphatic carbocycles. The zero-order valence-corrected chi connectivity index (χ0v) is 13.7. The summed E-state index contributed by atoms with van der Waals surface area (Å²) in [5.74, 6) is 0. The largest absolute Gasteiger partial charge is 0.301 e. The standard InChI is InChI=1S/C18H14N4O4/c1-12(15-8-4-6-13-5-2-3-7-16(13)15)19-20-17-10-9-14(21(23)24)11-18(17)22(25)26/h2-11,20H,1H3/b19-12-. The van der Waals surface area contributed by atoms with Crippen LogP contribution in [0.4, 0.5) is 17.1 Å². The molecular weight excluding hydrogens is 336 g/mol. The Hall–Kier alpha value is -3.81. The maximum atomic E-state index is 11.2. The Morgan fingerprint density at radius 2 is 1.69 bits per heavy atom. The molecule has 1 N–H and O–H groups in total. The SMILES string of the molecule is C/C(=N/Nc1ccc([N+](=O)[O-])cc1[N+](=O)[O-])c1cccc2ccccc12. The average Bonchev–Trinajstić information content (AvgIpc) is 2.65. The molecule has 0 saturated heterocycles. The summed E-state index contributed by atoms with van der Waals surface area (Å²) in [5.41, 5.74) is 3.50. The topological polar surface area (TPSA) is 111 Å². The van der Waals surface area contributed by atoms with E-state index in [1.165, 1.54) is 12.1 Å². The lowest BCUT2D eigenvalue weighted by atomic mass is 10.0. The highest BCUT2D eigenvalue weighted by molar-refractivity contribution is 6.09. The number of hydrogen-bond acceptors (Lipinski definition) is 6. The third-order valence-corrected chi connectivity index (χ3v) is 3.91. The van der Waals surface area contributed by atoms with Crippen molar-refractivity contribution in [3.05, 3.63) is 86.5 Å². The molecule has 3 aromatic rings. The molecule has 0 heterocycles. The summed E-state index contributed by atoms with van der Waals surface area (Å²) in [6.45, 7) is 1.78. The van der Waals surface area contributed by atoms with Gasteiger partial charge in [-0.2, -0.15) is 5.10 Å². The summed E-state index contributed by atoms with van der Waals surface area (Å²) in [6, 6.07) is 17.0. The fourth-order valence-electron chi connectivity index (χ4n) is 2.62. The first kappa shape index (κ1) is 17.0. The lowest BCUT2D eigenvalue weighted by Gasteiger charge is -2.07. The molecule has 26 heavy (non-hydrogen) atoms. The molecule has 3 aromatic carbocycles. The van der Waals surface area contributed by atoms with Crippen LogP contribution in [0.15, 0.2) is 65.8 Å². The first-order chi connectivity index (χ1) is 12.5. The second-order valence-corrected chi connectivity index (χ2v) is 5.55. The van der Waals surface area contributed by atoms with Gasteiger partial charge in [-0.05, 0) is 23.8 Å². The number of nitrogens with one attached hydrogen (secondary N) is 1. The van der Waals surface area contributed by atoms with Crippen molar-refractivity contribution in [3.8, 4) is 0 Å². The van der Waals surface area contributed by atoms with Gasteiger partial charge >= 0.3 is 5.69 Å². The Morgan fingerprint density at radius 1 is 0.962 bits per heavy atom. The average molecular weight is 350 g/mol. The van der Waals surface area contributed by atoms with E-state index in [4.69, 9.17) is 0 Å². The lowest BCUT2D eigenvalue weighted by molar-refractivity contribution is -0.393. The van der Waals surface area contributed by atoms with Crippen molar-refractivity contribution in [3.63, 3.8) is 0 Å². The molecule has 0 unspecified atom stereocenters. The van der Waals surface area contributed by atoms with E-state index in [9.17, 15) is 20.2 Å². The van der Waals surface area contributed by atoms with Crippen molar-refractivity contribution in [2.24, 2.45) is 5.10 Å². The highest BCUT2D eigenvalue weighted by Gasteiger charge is 2.19. The quantitative estimate of drug-likeness (QED) is 0.414. The van der Waals surface area contributed by atoms with Crippen molar-refractivity contribution >= 4 is 33.5 Å². The van der Waals surface area contributed by atoms with E-state index in [-0.39, 0.29) is 11.4 Å². The molecule has 8 heteroatoms. The van der Waals surface area contributed by atoms with Crippen LogP contribution in [0.2, 0.25) is 0 Å². The monoisotopic (exact) mass is 350 g/mol. The molecule has 0 saturated carbocycles. The van der Waals surface area contributed by atoms with Crippen LogP contribution in [-0.4, -0.2) is 15.6 Å². The predicted octanol–water partition coefficient (Wildman–Crippen LogP) is 4.49. The minimum absolute atomic E-state index is 0.0835. The van der Waals surface area contributed by atoms with Gasteiger partial charge in [0.25, 0.3) is 5.69 Å². The van der Waals surface area contributed by atoms with Gasteiger partial charge in [0.2, 0.25) is 0 Å². The molecule has 3 rings (SSSR count). The minimum Gasteiger partial charge on any atom is -0.271 e. The van der Waals surface area contributed by atoms with Crippen LogP contribution in [0.3, 0.4) is 0 Å². The Morgan fingerprint density at radius 3 is 2.42 bits per heavy atom. The van der Waals surface area contributed by atoms with Crippen LogP contribution in [-0.2, 0) is 0 Å². The molecule has 0 radical (unpaired) electrons. The van der Waals surface area contributed by atoms with Crippen molar-refractivity contribution < 1.29 is 9.85 Å². The van der Waals surface area contributed by atoms with Gasteiger partial charge in [0.1, 0.15) is 5.69 Å². The van der Waals surface area contributed by atoms with Crippen molar-refractivity contribution in [1.82, 2.24) is 0 Å². The molecule has 8 nitrogen and oxygen atoms in total. The highest BCUT2D eigenvalue weighted by Crippen LogP contribution is 2.29. The Balaban J connectivity index is 1.96. The number of nitro benzene ring substituents is 2. The molecule has 0 bridgehead atoms. The van der Waals surface area contributed by atoms with E-state index in [2.05, 4.69) is 10.5 Å². The molecular formula is C18H14N4O4. The van der Waals surface area contributed by atoms with Gasteiger partial charge in [-0.1, -0.05) is 42.5 Å². The molecule has 0 aliphatic heterocycles. The van der Waals surface area contributed by atoms with Crippen molar-refractivity contribution in [2.75, 3.05) is 5.43 Å². The number of benzene rings is 3. The van der Waals surface area contributed by atoms with Gasteiger partial charge in [0.05, 0.1) is 21.6 Å². The normalized spacial score (nSPS) is 11.3. The van der Waals surface area contributed by atoms with E-state index < -0.39 is 15.5 Å². The first-order valence-electron chi connectivity index (χ1n) is 7.68. The number of hydrogen-bond donors (Lipinski definition) is 1. The Labute approximate surface area is 148 Å². The number of nitro groups is 2. The van der Waals surface area contributed by atoms with Gasteiger partial charge in [-0.25, -0.2) is 0 Å². The van der Waals surface area contributed by atoms with Gasteiger partial charge in [0.15, 0.2) is 0 Å². The second-order valence-electron chi connectivity index (χ2n) is 5.55. The van der Waals surface area contributed by atoms with E-state index >= 15 is 0 Å². The molecule has 0 amide bonds. The number of anilines is 1. The summed E-state index contributed by atoms with van der Waals surface area (Å²) < 4.78 is 0. The number of non-ortho nitro benzene ring substituents is 1. The molecule has 0 aliphatic rings. The van der Waals surface area contributed by atoms with Crippen LogP contribution in [0.1, 0.15) is 12.5 Å². The highest BCUT2D eigenvalue weighted by atomic mass is 16.6. The number of hydrazone groups is 1. The van der Waals surface area contributed by atoms with E-state index in [0.717, 1.165) is 22.4 Å².